The highest BCUT2D eigenvalue weighted by Gasteiger charge is 2.40. The zero-order valence-corrected chi connectivity index (χ0v) is 14.6. The Bertz CT molecular complexity index is 1110. The van der Waals surface area contributed by atoms with E-state index in [0.717, 1.165) is 0 Å². The molecule has 1 N–H and O–H groups in total. The van der Waals surface area contributed by atoms with Crippen LogP contribution in [0.15, 0.2) is 30.5 Å². The number of nitrogens with zero attached hydrogens (tertiary/aromatic N) is 6. The highest BCUT2D eigenvalue weighted by molar-refractivity contribution is 6.04. The Morgan fingerprint density at radius 1 is 1.26 bits per heavy atom. The van der Waals surface area contributed by atoms with Gasteiger partial charge in [-0.3, -0.25) is 4.79 Å². The average molecular weight is 363 g/mol. The Labute approximate surface area is 153 Å². The summed E-state index contributed by atoms with van der Waals surface area (Å²) in [5.41, 5.74) is 0.364. The predicted octanol–water partition coefficient (Wildman–Crippen LogP) is 2.70. The lowest BCUT2D eigenvalue weighted by atomic mass is 9.88. The van der Waals surface area contributed by atoms with Gasteiger partial charge in [-0.25, -0.2) is 14.4 Å². The lowest BCUT2D eigenvalue weighted by molar-refractivity contribution is -0.119. The van der Waals surface area contributed by atoms with E-state index >= 15 is 0 Å². The van der Waals surface area contributed by atoms with Gasteiger partial charge in [0, 0.05) is 17.3 Å². The summed E-state index contributed by atoms with van der Waals surface area (Å²) in [6.07, 6.45) is 1.56. The number of aromatic nitrogens is 5. The van der Waals surface area contributed by atoms with Crippen LogP contribution in [0.4, 0.5) is 16.2 Å². The van der Waals surface area contributed by atoms with Gasteiger partial charge in [0.05, 0.1) is 5.41 Å². The third kappa shape index (κ3) is 2.71. The summed E-state index contributed by atoms with van der Waals surface area (Å²) >= 11 is 0. The molecule has 134 valence electrons. The van der Waals surface area contributed by atoms with Crippen molar-refractivity contribution in [3.05, 3.63) is 58.8 Å². The number of benzene rings is 1. The van der Waals surface area contributed by atoms with Crippen LogP contribution >= 0.6 is 0 Å². The van der Waals surface area contributed by atoms with Crippen molar-refractivity contribution in [3.63, 3.8) is 0 Å². The Balaban J connectivity index is 1.72. The van der Waals surface area contributed by atoms with Crippen molar-refractivity contribution in [1.82, 2.24) is 24.7 Å². The summed E-state index contributed by atoms with van der Waals surface area (Å²) < 4.78 is 15.2. The fraction of sp³-hybridized carbons (Fsp3) is 0.222. The number of rotatable bonds is 3. The van der Waals surface area contributed by atoms with Gasteiger partial charge in [-0.1, -0.05) is 23.3 Å². The van der Waals surface area contributed by atoms with Crippen LogP contribution in [-0.4, -0.2) is 30.6 Å². The maximum Gasteiger partial charge on any atom is 0.360 e. The van der Waals surface area contributed by atoms with Gasteiger partial charge in [0.25, 0.3) is 5.82 Å². The fourth-order valence-corrected chi connectivity index (χ4v) is 2.83. The standard InChI is InChI=1S/C18H14FN7O/c1-18(2)11-8-21-14(22-13(11)23-16(18)27)15-24-17(20-3)26(25-15)9-10-6-4-5-7-12(10)19/h4-8H,9H2,1-2H3,(H,21,22,23,27). The molecule has 8 nitrogen and oxygen atoms in total. The summed E-state index contributed by atoms with van der Waals surface area (Å²) in [6, 6.07) is 6.27. The van der Waals surface area contributed by atoms with E-state index in [-0.39, 0.29) is 35.9 Å². The minimum atomic E-state index is -0.715. The second kappa shape index (κ2) is 5.95. The van der Waals surface area contributed by atoms with E-state index in [9.17, 15) is 9.18 Å². The summed E-state index contributed by atoms with van der Waals surface area (Å²) in [5, 5.41) is 6.97. The van der Waals surface area contributed by atoms with Gasteiger partial charge in [0.15, 0.2) is 0 Å². The molecule has 2 aromatic heterocycles. The first kappa shape index (κ1) is 16.8. The molecule has 9 heteroatoms. The summed E-state index contributed by atoms with van der Waals surface area (Å²) in [4.78, 5) is 28.1. The molecule has 1 amide bonds. The number of halogens is 1. The lowest BCUT2D eigenvalue weighted by Gasteiger charge is -2.13. The first-order valence-corrected chi connectivity index (χ1v) is 8.15. The second-order valence-electron chi connectivity index (χ2n) is 6.63. The Morgan fingerprint density at radius 3 is 2.78 bits per heavy atom. The Kier molecular flexibility index (Phi) is 3.70. The molecule has 0 radical (unpaired) electrons. The predicted molar refractivity (Wildman–Crippen MR) is 94.5 cm³/mol. The summed E-state index contributed by atoms with van der Waals surface area (Å²) in [7, 11) is 0. The van der Waals surface area contributed by atoms with Gasteiger partial charge < -0.3 is 10.2 Å². The zero-order valence-electron chi connectivity index (χ0n) is 14.6. The van der Waals surface area contributed by atoms with E-state index in [2.05, 4.69) is 30.2 Å². The van der Waals surface area contributed by atoms with Gasteiger partial charge in [0.2, 0.25) is 11.7 Å². The summed E-state index contributed by atoms with van der Waals surface area (Å²) in [6.45, 7) is 10.9. The first-order chi connectivity index (χ1) is 12.9. The molecule has 0 saturated carbocycles. The third-order valence-corrected chi connectivity index (χ3v) is 4.49. The molecule has 4 rings (SSSR count). The van der Waals surface area contributed by atoms with E-state index in [1.165, 1.54) is 10.7 Å². The van der Waals surface area contributed by atoms with Gasteiger partial charge >= 0.3 is 5.95 Å². The number of anilines is 1. The van der Waals surface area contributed by atoms with Crippen molar-refractivity contribution in [2.75, 3.05) is 5.32 Å². The smallest absolute Gasteiger partial charge is 0.360 e. The molecule has 1 aromatic carbocycles. The zero-order chi connectivity index (χ0) is 19.2. The van der Waals surface area contributed by atoms with Crippen LogP contribution in [0.5, 0.6) is 0 Å². The maximum atomic E-state index is 13.9. The average Bonchev–Trinajstić information content (AvgIpc) is 3.15. The van der Waals surface area contributed by atoms with Crippen LogP contribution in [0.1, 0.15) is 25.0 Å². The fourth-order valence-electron chi connectivity index (χ4n) is 2.83. The first-order valence-electron chi connectivity index (χ1n) is 8.15. The number of nitrogens with one attached hydrogen (secondary N) is 1. The van der Waals surface area contributed by atoms with Gasteiger partial charge in [-0.05, 0) is 19.9 Å². The Hall–Kier alpha value is -3.67. The highest BCUT2D eigenvalue weighted by Crippen LogP contribution is 2.36. The highest BCUT2D eigenvalue weighted by atomic mass is 19.1. The van der Waals surface area contributed by atoms with E-state index in [4.69, 9.17) is 6.57 Å². The molecule has 0 aliphatic carbocycles. The van der Waals surface area contributed by atoms with Crippen LogP contribution < -0.4 is 5.32 Å². The molecule has 0 fully saturated rings. The monoisotopic (exact) mass is 363 g/mol. The van der Waals surface area contributed by atoms with E-state index in [1.807, 2.05) is 0 Å². The maximum absolute atomic E-state index is 13.9. The van der Waals surface area contributed by atoms with Crippen LogP contribution in [0.25, 0.3) is 16.5 Å². The second-order valence-corrected chi connectivity index (χ2v) is 6.63. The van der Waals surface area contributed by atoms with E-state index < -0.39 is 5.41 Å². The van der Waals surface area contributed by atoms with Crippen LogP contribution in [0, 0.1) is 12.4 Å². The minimum Gasteiger partial charge on any atom is -0.395 e. The van der Waals surface area contributed by atoms with E-state index in [1.54, 1.807) is 38.2 Å². The molecule has 0 bridgehead atoms. The normalized spacial score (nSPS) is 14.5. The van der Waals surface area contributed by atoms with Gasteiger partial charge in [0.1, 0.15) is 18.2 Å². The van der Waals surface area contributed by atoms with Crippen molar-refractivity contribution in [3.8, 4) is 11.6 Å². The van der Waals surface area contributed by atoms with Crippen molar-refractivity contribution in [2.24, 2.45) is 0 Å². The molecule has 0 saturated heterocycles. The number of hydrogen-bond donors (Lipinski definition) is 1. The summed E-state index contributed by atoms with van der Waals surface area (Å²) in [5.74, 6) is 0.183. The molecule has 3 aromatic rings. The molecule has 0 spiro atoms. The largest absolute Gasteiger partial charge is 0.395 e. The van der Waals surface area contributed by atoms with Crippen LogP contribution in [-0.2, 0) is 16.8 Å². The quantitative estimate of drug-likeness (QED) is 0.723. The van der Waals surface area contributed by atoms with Crippen molar-refractivity contribution in [2.45, 2.75) is 25.8 Å². The topological polar surface area (TPSA) is 89.9 Å². The molecule has 27 heavy (non-hydrogen) atoms. The Morgan fingerprint density at radius 2 is 2.04 bits per heavy atom. The molecule has 3 heterocycles. The number of carbonyl (C=O) groups is 1. The van der Waals surface area contributed by atoms with Crippen molar-refractivity contribution < 1.29 is 9.18 Å². The lowest BCUT2D eigenvalue weighted by Crippen LogP contribution is -2.26. The van der Waals surface area contributed by atoms with Crippen LogP contribution in [0.3, 0.4) is 0 Å². The molecule has 0 unspecified atom stereocenters. The minimum absolute atomic E-state index is 0.00159. The molecular weight excluding hydrogens is 349 g/mol. The molecular formula is C18H14FN7O. The SMILES string of the molecule is [C-]#[N+]c1nc(-c2ncc3c(n2)NC(=O)C3(C)C)nn1Cc1ccccc1F. The number of carbonyl (C=O) groups excluding carboxylic acids is 1. The molecule has 1 aliphatic heterocycles. The third-order valence-electron chi connectivity index (χ3n) is 4.49. The number of amides is 1. The van der Waals surface area contributed by atoms with Gasteiger partial charge in [-0.15, -0.1) is 11.6 Å². The van der Waals surface area contributed by atoms with Crippen molar-refractivity contribution in [1.29, 1.82) is 0 Å². The van der Waals surface area contributed by atoms with E-state index in [0.29, 0.717) is 16.9 Å². The van der Waals surface area contributed by atoms with Crippen LogP contribution in [0.2, 0.25) is 0 Å². The van der Waals surface area contributed by atoms with Crippen molar-refractivity contribution >= 4 is 17.7 Å². The number of fused-ring (bicyclic) bond motifs is 1. The molecule has 1 aliphatic rings. The molecule has 0 atom stereocenters. The number of hydrogen-bond acceptors (Lipinski definition) is 5. The van der Waals surface area contributed by atoms with Gasteiger partial charge in [-0.2, -0.15) is 4.68 Å².